The van der Waals surface area contributed by atoms with Gasteiger partial charge in [-0.05, 0) is 34.9 Å². The molecule has 0 aliphatic rings. The van der Waals surface area contributed by atoms with Crippen LogP contribution in [0.25, 0.3) is 101 Å². The van der Waals surface area contributed by atoms with Crippen LogP contribution >= 0.6 is 0 Å². The number of furan rings is 1. The maximum atomic E-state index is 6.78. The van der Waals surface area contributed by atoms with Gasteiger partial charge in [0.05, 0.1) is 0 Å². The molecule has 0 fully saturated rings. The Labute approximate surface area is 317 Å². The Balaban J connectivity index is 1.08. The minimum absolute atomic E-state index is 0.614. The molecule has 0 radical (unpaired) electrons. The average molecular weight is 706 g/mol. The highest BCUT2D eigenvalue weighted by molar-refractivity contribution is 6.11. The molecule has 3 heterocycles. The van der Waals surface area contributed by atoms with Crippen molar-refractivity contribution in [2.24, 2.45) is 0 Å². The monoisotopic (exact) mass is 705 g/mol. The van der Waals surface area contributed by atoms with Gasteiger partial charge < -0.3 is 4.42 Å². The van der Waals surface area contributed by atoms with Crippen molar-refractivity contribution >= 4 is 22.1 Å². The Morgan fingerprint density at radius 1 is 0.291 bits per heavy atom. The number of hydrogen-bond acceptors (Lipinski definition) is 6. The van der Waals surface area contributed by atoms with E-state index in [1.807, 2.05) is 109 Å². The zero-order chi connectivity index (χ0) is 36.6. The van der Waals surface area contributed by atoms with Gasteiger partial charge in [-0.3, -0.25) is 0 Å². The summed E-state index contributed by atoms with van der Waals surface area (Å²) >= 11 is 0. The molecule has 0 saturated heterocycles. The quantitative estimate of drug-likeness (QED) is 0.164. The van der Waals surface area contributed by atoms with E-state index in [0.717, 1.165) is 72.3 Å². The number of nitrogens with zero attached hydrogens (tertiary/aromatic N) is 5. The van der Waals surface area contributed by atoms with E-state index in [2.05, 4.69) is 78.9 Å². The predicted octanol–water partition coefficient (Wildman–Crippen LogP) is 12.2. The van der Waals surface area contributed by atoms with E-state index in [1.54, 1.807) is 0 Å². The first-order valence-electron chi connectivity index (χ1n) is 18.2. The Morgan fingerprint density at radius 3 is 1.27 bits per heavy atom. The van der Waals surface area contributed by atoms with Gasteiger partial charge in [0.15, 0.2) is 28.9 Å². The molecule has 10 rings (SSSR count). The number of para-hydroxylation sites is 1. The van der Waals surface area contributed by atoms with Crippen molar-refractivity contribution in [1.29, 1.82) is 0 Å². The van der Waals surface area contributed by atoms with E-state index >= 15 is 0 Å². The maximum Gasteiger partial charge on any atom is 0.180 e. The molecule has 0 aliphatic carbocycles. The highest BCUT2D eigenvalue weighted by atomic mass is 16.3. The first-order valence-corrected chi connectivity index (χ1v) is 18.2. The van der Waals surface area contributed by atoms with Gasteiger partial charge in [0.2, 0.25) is 0 Å². The lowest BCUT2D eigenvalue weighted by molar-refractivity contribution is 0.668. The number of aromatic nitrogens is 5. The standard InChI is InChI=1S/C49H31N5O/c1-5-16-32(17-6-1)42-45-43(51-46(50-42)33-18-7-2-8-19-33)41-29-15-28-40(44(41)55-45)38-26-13-24-36(30-38)37-25-14-27-39(31-37)49-53-47(34-20-9-3-10-21-34)52-48(54-49)35-22-11-4-12-23-35/h1-31H. The maximum absolute atomic E-state index is 6.78. The highest BCUT2D eigenvalue weighted by Crippen LogP contribution is 2.40. The molecular formula is C49H31N5O. The first kappa shape index (κ1) is 32.1. The minimum atomic E-state index is 0.614. The molecule has 0 bridgehead atoms. The topological polar surface area (TPSA) is 77.6 Å². The van der Waals surface area contributed by atoms with Gasteiger partial charge in [-0.2, -0.15) is 0 Å². The molecule has 0 amide bonds. The molecule has 3 aromatic heterocycles. The van der Waals surface area contributed by atoms with Crippen LogP contribution in [-0.2, 0) is 0 Å². The van der Waals surface area contributed by atoms with Gasteiger partial charge in [-0.15, -0.1) is 0 Å². The SMILES string of the molecule is c1ccc(-c2nc(-c3ccccc3)nc(-c3cccc(-c4cccc(-c5cccc6c5oc5c(-c7ccccc7)nc(-c7ccccc7)nc56)c4)c3)n2)cc1. The van der Waals surface area contributed by atoms with Crippen molar-refractivity contribution in [2.75, 3.05) is 0 Å². The second-order valence-corrected chi connectivity index (χ2v) is 13.3. The molecule has 55 heavy (non-hydrogen) atoms. The first-order chi connectivity index (χ1) is 27.2. The van der Waals surface area contributed by atoms with Gasteiger partial charge in [0, 0.05) is 38.8 Å². The van der Waals surface area contributed by atoms with Crippen LogP contribution in [0, 0.1) is 0 Å². The van der Waals surface area contributed by atoms with Gasteiger partial charge in [0.25, 0.3) is 0 Å². The highest BCUT2D eigenvalue weighted by Gasteiger charge is 2.20. The molecule has 0 spiro atoms. The summed E-state index contributed by atoms with van der Waals surface area (Å²) in [6, 6.07) is 63.5. The molecule has 0 atom stereocenters. The molecule has 10 aromatic rings. The Kier molecular flexibility index (Phi) is 8.04. The molecule has 258 valence electrons. The minimum Gasteiger partial charge on any atom is -0.451 e. The molecule has 0 saturated carbocycles. The van der Waals surface area contributed by atoms with Crippen molar-refractivity contribution in [1.82, 2.24) is 24.9 Å². The van der Waals surface area contributed by atoms with Crippen LogP contribution in [0.1, 0.15) is 0 Å². The van der Waals surface area contributed by atoms with Gasteiger partial charge >= 0.3 is 0 Å². The Morgan fingerprint density at radius 2 is 0.709 bits per heavy atom. The fourth-order valence-corrected chi connectivity index (χ4v) is 7.04. The van der Waals surface area contributed by atoms with Crippen LogP contribution < -0.4 is 0 Å². The second-order valence-electron chi connectivity index (χ2n) is 13.3. The van der Waals surface area contributed by atoms with E-state index in [4.69, 9.17) is 29.3 Å². The van der Waals surface area contributed by atoms with Crippen LogP contribution in [0.4, 0.5) is 0 Å². The third kappa shape index (κ3) is 6.11. The van der Waals surface area contributed by atoms with E-state index in [-0.39, 0.29) is 0 Å². The fourth-order valence-electron chi connectivity index (χ4n) is 7.04. The number of fused-ring (bicyclic) bond motifs is 3. The summed E-state index contributed by atoms with van der Waals surface area (Å²) in [5.74, 6) is 2.54. The van der Waals surface area contributed by atoms with Crippen molar-refractivity contribution in [3.63, 3.8) is 0 Å². The normalized spacial score (nSPS) is 11.3. The summed E-state index contributed by atoms with van der Waals surface area (Å²) in [7, 11) is 0. The van der Waals surface area contributed by atoms with Gasteiger partial charge in [0.1, 0.15) is 16.8 Å². The lowest BCUT2D eigenvalue weighted by atomic mass is 9.97. The molecule has 6 nitrogen and oxygen atoms in total. The third-order valence-corrected chi connectivity index (χ3v) is 9.75. The summed E-state index contributed by atoms with van der Waals surface area (Å²) in [6.45, 7) is 0. The summed E-state index contributed by atoms with van der Waals surface area (Å²) in [6.07, 6.45) is 0. The molecule has 0 aliphatic heterocycles. The van der Waals surface area contributed by atoms with Gasteiger partial charge in [-0.25, -0.2) is 24.9 Å². The van der Waals surface area contributed by atoms with Crippen molar-refractivity contribution in [3.05, 3.63) is 188 Å². The predicted molar refractivity (Wildman–Crippen MR) is 221 cm³/mol. The van der Waals surface area contributed by atoms with Crippen LogP contribution in [0.5, 0.6) is 0 Å². The summed E-state index contributed by atoms with van der Waals surface area (Å²) in [4.78, 5) is 24.9. The zero-order valence-electron chi connectivity index (χ0n) is 29.5. The summed E-state index contributed by atoms with van der Waals surface area (Å²) in [5.41, 5.74) is 11.8. The van der Waals surface area contributed by atoms with Gasteiger partial charge in [-0.1, -0.05) is 170 Å². The molecule has 0 unspecified atom stereocenters. The van der Waals surface area contributed by atoms with E-state index in [0.29, 0.717) is 28.9 Å². The third-order valence-electron chi connectivity index (χ3n) is 9.75. The molecule has 0 N–H and O–H groups in total. The Bertz CT molecular complexity index is 2910. The average Bonchev–Trinajstić information content (AvgIpc) is 3.66. The largest absolute Gasteiger partial charge is 0.451 e. The fraction of sp³-hybridized carbons (Fsp3) is 0. The van der Waals surface area contributed by atoms with Crippen molar-refractivity contribution in [2.45, 2.75) is 0 Å². The lowest BCUT2D eigenvalue weighted by Crippen LogP contribution is -2.00. The van der Waals surface area contributed by atoms with E-state index < -0.39 is 0 Å². The molecule has 6 heteroatoms. The summed E-state index contributed by atoms with van der Waals surface area (Å²) < 4.78 is 6.78. The summed E-state index contributed by atoms with van der Waals surface area (Å²) in [5, 5.41) is 0.940. The van der Waals surface area contributed by atoms with E-state index in [1.165, 1.54) is 0 Å². The Hall–Kier alpha value is -7.57. The number of benzene rings is 7. The zero-order valence-corrected chi connectivity index (χ0v) is 29.5. The number of hydrogen-bond donors (Lipinski definition) is 0. The van der Waals surface area contributed by atoms with Crippen LogP contribution in [0.2, 0.25) is 0 Å². The molecule has 7 aromatic carbocycles. The lowest BCUT2D eigenvalue weighted by Gasteiger charge is -2.10. The van der Waals surface area contributed by atoms with E-state index in [9.17, 15) is 0 Å². The van der Waals surface area contributed by atoms with Crippen molar-refractivity contribution < 1.29 is 4.42 Å². The molecular weight excluding hydrogens is 675 g/mol. The smallest absolute Gasteiger partial charge is 0.180 e. The number of rotatable bonds is 7. The second kappa shape index (κ2) is 13.8. The van der Waals surface area contributed by atoms with Crippen molar-refractivity contribution in [3.8, 4) is 79.1 Å². The van der Waals surface area contributed by atoms with Crippen LogP contribution in [0.3, 0.4) is 0 Å². The van der Waals surface area contributed by atoms with Crippen LogP contribution in [0.15, 0.2) is 192 Å². The van der Waals surface area contributed by atoms with Crippen LogP contribution in [-0.4, -0.2) is 24.9 Å².